The lowest BCUT2D eigenvalue weighted by Gasteiger charge is -2.03. The van der Waals surface area contributed by atoms with Crippen molar-refractivity contribution >= 4 is 22.5 Å². The molecular formula is C14H12F3N5. The lowest BCUT2D eigenvalue weighted by molar-refractivity contribution is 0.128. The number of nitrogens with two attached hydrogens (primary N) is 2. The number of hydrogen-bond donors (Lipinski definition) is 2. The minimum Gasteiger partial charge on any atom is -0.399 e. The van der Waals surface area contributed by atoms with E-state index >= 15 is 0 Å². The molecule has 3 aromatic rings. The van der Waals surface area contributed by atoms with E-state index in [1.54, 1.807) is 0 Å². The van der Waals surface area contributed by atoms with E-state index < -0.39 is 18.8 Å². The highest BCUT2D eigenvalue weighted by molar-refractivity contribution is 6.00. The highest BCUT2D eigenvalue weighted by Gasteiger charge is 2.19. The summed E-state index contributed by atoms with van der Waals surface area (Å²) in [4.78, 5) is 7.83. The summed E-state index contributed by atoms with van der Waals surface area (Å²) in [5.41, 5.74) is 12.4. The van der Waals surface area contributed by atoms with Gasteiger partial charge in [-0.1, -0.05) is 0 Å². The van der Waals surface area contributed by atoms with Crippen molar-refractivity contribution in [3.8, 4) is 11.1 Å². The molecule has 2 aromatic heterocycles. The van der Waals surface area contributed by atoms with E-state index in [1.165, 1.54) is 29.2 Å². The molecule has 0 saturated carbocycles. The van der Waals surface area contributed by atoms with Crippen LogP contribution >= 0.6 is 0 Å². The number of rotatable bonds is 3. The summed E-state index contributed by atoms with van der Waals surface area (Å²) in [6.45, 7) is -0.566. The van der Waals surface area contributed by atoms with Gasteiger partial charge >= 0.3 is 0 Å². The standard InChI is InChI=1S/C14H12F3N5/c15-10-3-7(18)1-2-8(10)9-4-22(5-11(16)17)14-12(9)13(19)20-6-21-14/h1-4,6,11H,5,18H2,(H2,19,20,21). The van der Waals surface area contributed by atoms with Crippen LogP contribution in [0.1, 0.15) is 0 Å². The van der Waals surface area contributed by atoms with Crippen LogP contribution in [0.15, 0.2) is 30.7 Å². The van der Waals surface area contributed by atoms with Crippen molar-refractivity contribution in [3.05, 3.63) is 36.5 Å². The Morgan fingerprint density at radius 3 is 2.59 bits per heavy atom. The maximum Gasteiger partial charge on any atom is 0.256 e. The van der Waals surface area contributed by atoms with Crippen molar-refractivity contribution < 1.29 is 13.2 Å². The summed E-state index contributed by atoms with van der Waals surface area (Å²) in [7, 11) is 0. The molecule has 0 atom stereocenters. The second-order valence-electron chi connectivity index (χ2n) is 4.78. The van der Waals surface area contributed by atoms with Crippen molar-refractivity contribution in [2.75, 3.05) is 11.5 Å². The fourth-order valence-electron chi connectivity index (χ4n) is 2.39. The lowest BCUT2D eigenvalue weighted by Crippen LogP contribution is -2.06. The first-order chi connectivity index (χ1) is 10.5. The monoisotopic (exact) mass is 307 g/mol. The van der Waals surface area contributed by atoms with Gasteiger partial charge in [-0.3, -0.25) is 0 Å². The van der Waals surface area contributed by atoms with Gasteiger partial charge in [-0.25, -0.2) is 23.1 Å². The zero-order valence-corrected chi connectivity index (χ0v) is 11.3. The van der Waals surface area contributed by atoms with Gasteiger partial charge in [-0.05, 0) is 18.2 Å². The minimum absolute atomic E-state index is 0.101. The molecule has 0 aliphatic heterocycles. The van der Waals surface area contributed by atoms with E-state index in [0.717, 1.165) is 6.07 Å². The number of alkyl halides is 2. The molecule has 2 heterocycles. The number of nitrogen functional groups attached to an aromatic ring is 2. The molecule has 0 aliphatic rings. The molecule has 0 fully saturated rings. The maximum atomic E-state index is 14.1. The van der Waals surface area contributed by atoms with Crippen LogP contribution in [-0.4, -0.2) is 21.0 Å². The fraction of sp³-hybridized carbons (Fsp3) is 0.143. The second-order valence-corrected chi connectivity index (χ2v) is 4.78. The van der Waals surface area contributed by atoms with Crippen molar-refractivity contribution in [3.63, 3.8) is 0 Å². The zero-order chi connectivity index (χ0) is 15.9. The average Bonchev–Trinajstić information content (AvgIpc) is 2.78. The van der Waals surface area contributed by atoms with Gasteiger partial charge in [0.1, 0.15) is 23.6 Å². The van der Waals surface area contributed by atoms with Crippen molar-refractivity contribution in [1.29, 1.82) is 0 Å². The van der Waals surface area contributed by atoms with Crippen LogP contribution in [0.4, 0.5) is 24.7 Å². The number of nitrogens with zero attached hydrogens (tertiary/aromatic N) is 3. The van der Waals surface area contributed by atoms with E-state index in [1.807, 2.05) is 0 Å². The Labute approximate surface area is 123 Å². The molecule has 1 aromatic carbocycles. The highest BCUT2D eigenvalue weighted by atomic mass is 19.3. The van der Waals surface area contributed by atoms with E-state index in [4.69, 9.17) is 11.5 Å². The molecule has 4 N–H and O–H groups in total. The molecule has 5 nitrogen and oxygen atoms in total. The van der Waals surface area contributed by atoms with Gasteiger partial charge in [0.2, 0.25) is 0 Å². The molecule has 114 valence electrons. The minimum atomic E-state index is -2.57. The van der Waals surface area contributed by atoms with Crippen molar-refractivity contribution in [2.24, 2.45) is 0 Å². The van der Waals surface area contributed by atoms with Crippen LogP contribution in [0, 0.1) is 5.82 Å². The summed E-state index contributed by atoms with van der Waals surface area (Å²) in [5, 5.41) is 0.340. The molecule has 0 bridgehead atoms. The third-order valence-electron chi connectivity index (χ3n) is 3.30. The van der Waals surface area contributed by atoms with E-state index in [0.29, 0.717) is 10.9 Å². The Morgan fingerprint density at radius 1 is 1.14 bits per heavy atom. The van der Waals surface area contributed by atoms with Crippen LogP contribution in [0.25, 0.3) is 22.2 Å². The maximum absolute atomic E-state index is 14.1. The quantitative estimate of drug-likeness (QED) is 0.729. The summed E-state index contributed by atoms with van der Waals surface area (Å²) < 4.78 is 40.8. The first kappa shape index (κ1) is 14.2. The summed E-state index contributed by atoms with van der Waals surface area (Å²) in [6.07, 6.45) is 0.00933. The molecule has 0 aliphatic carbocycles. The Hall–Kier alpha value is -2.77. The zero-order valence-electron chi connectivity index (χ0n) is 11.3. The Balaban J connectivity index is 2.29. The summed E-state index contributed by atoms with van der Waals surface area (Å²) in [5.74, 6) is -0.469. The first-order valence-corrected chi connectivity index (χ1v) is 6.40. The molecule has 0 spiro atoms. The third kappa shape index (κ3) is 2.32. The van der Waals surface area contributed by atoms with Gasteiger partial charge in [-0.2, -0.15) is 0 Å². The molecule has 8 heteroatoms. The molecule has 0 radical (unpaired) electrons. The van der Waals surface area contributed by atoms with Crippen LogP contribution in [0.2, 0.25) is 0 Å². The normalized spacial score (nSPS) is 11.5. The predicted molar refractivity (Wildman–Crippen MR) is 77.8 cm³/mol. The van der Waals surface area contributed by atoms with Gasteiger partial charge in [0, 0.05) is 23.0 Å². The lowest BCUT2D eigenvalue weighted by atomic mass is 10.1. The van der Waals surface area contributed by atoms with Crippen LogP contribution in [-0.2, 0) is 6.54 Å². The average molecular weight is 307 g/mol. The topological polar surface area (TPSA) is 82.8 Å². The molecule has 0 unspecified atom stereocenters. The largest absolute Gasteiger partial charge is 0.399 e. The van der Waals surface area contributed by atoms with Gasteiger partial charge in [0.15, 0.2) is 0 Å². The SMILES string of the molecule is Nc1ccc(-c2cn(CC(F)F)c3ncnc(N)c23)c(F)c1. The number of hydrogen-bond acceptors (Lipinski definition) is 4. The number of benzene rings is 1. The van der Waals surface area contributed by atoms with E-state index in [-0.39, 0.29) is 22.7 Å². The van der Waals surface area contributed by atoms with Crippen LogP contribution < -0.4 is 11.5 Å². The number of anilines is 2. The van der Waals surface area contributed by atoms with Crippen molar-refractivity contribution in [1.82, 2.24) is 14.5 Å². The Kier molecular flexibility index (Phi) is 3.36. The van der Waals surface area contributed by atoms with Crippen LogP contribution in [0.3, 0.4) is 0 Å². The van der Waals surface area contributed by atoms with Gasteiger partial charge in [0.25, 0.3) is 6.43 Å². The van der Waals surface area contributed by atoms with E-state index in [2.05, 4.69) is 9.97 Å². The molecule has 3 rings (SSSR count). The van der Waals surface area contributed by atoms with Gasteiger partial charge < -0.3 is 16.0 Å². The fourth-order valence-corrected chi connectivity index (χ4v) is 2.39. The Morgan fingerprint density at radius 2 is 1.91 bits per heavy atom. The summed E-state index contributed by atoms with van der Waals surface area (Å²) >= 11 is 0. The van der Waals surface area contributed by atoms with Gasteiger partial charge in [-0.15, -0.1) is 0 Å². The molecular weight excluding hydrogens is 295 g/mol. The van der Waals surface area contributed by atoms with E-state index in [9.17, 15) is 13.2 Å². The predicted octanol–water partition coefficient (Wildman–Crippen LogP) is 2.67. The first-order valence-electron chi connectivity index (χ1n) is 6.40. The third-order valence-corrected chi connectivity index (χ3v) is 3.30. The number of aromatic nitrogens is 3. The Bertz CT molecular complexity index is 844. The highest BCUT2D eigenvalue weighted by Crippen LogP contribution is 2.34. The van der Waals surface area contributed by atoms with Crippen molar-refractivity contribution in [2.45, 2.75) is 13.0 Å². The molecule has 0 saturated heterocycles. The molecule has 22 heavy (non-hydrogen) atoms. The number of halogens is 3. The van der Waals surface area contributed by atoms with Gasteiger partial charge in [0.05, 0.1) is 11.9 Å². The molecule has 0 amide bonds. The number of fused-ring (bicyclic) bond motifs is 1. The smallest absolute Gasteiger partial charge is 0.256 e. The summed E-state index contributed by atoms with van der Waals surface area (Å²) in [6, 6.07) is 4.15. The second kappa shape index (κ2) is 5.21. The van der Waals surface area contributed by atoms with Crippen LogP contribution in [0.5, 0.6) is 0 Å².